The van der Waals surface area contributed by atoms with E-state index in [1.54, 1.807) is 18.4 Å². The Morgan fingerprint density at radius 3 is 2.42 bits per heavy atom. The van der Waals surface area contributed by atoms with Gasteiger partial charge in [0.2, 0.25) is 0 Å². The predicted molar refractivity (Wildman–Crippen MR) is 99.2 cm³/mol. The van der Waals surface area contributed by atoms with E-state index >= 15 is 0 Å². The largest absolute Gasteiger partial charge is 0.356 e. The smallest absolute Gasteiger partial charge is 0.191 e. The number of rotatable bonds is 5. The van der Waals surface area contributed by atoms with Crippen LogP contribution in [0.2, 0.25) is 0 Å². The molecule has 2 aromatic rings. The van der Waals surface area contributed by atoms with E-state index in [2.05, 4.69) is 34.5 Å². The van der Waals surface area contributed by atoms with Crippen molar-refractivity contribution in [2.24, 2.45) is 4.99 Å². The minimum absolute atomic E-state index is 0.137. The minimum Gasteiger partial charge on any atom is -0.356 e. The van der Waals surface area contributed by atoms with Gasteiger partial charge in [0.1, 0.15) is 5.82 Å². The van der Waals surface area contributed by atoms with E-state index in [1.807, 2.05) is 26.0 Å². The van der Waals surface area contributed by atoms with Crippen LogP contribution in [0.25, 0.3) is 0 Å². The van der Waals surface area contributed by atoms with Crippen molar-refractivity contribution in [1.29, 1.82) is 0 Å². The summed E-state index contributed by atoms with van der Waals surface area (Å²) in [5.74, 6) is 0.533. The molecule has 0 saturated heterocycles. The third kappa shape index (κ3) is 4.77. The molecule has 0 aliphatic carbocycles. The topological polar surface area (TPSA) is 49.3 Å². The zero-order valence-corrected chi connectivity index (χ0v) is 15.7. The number of guanidine groups is 1. The Morgan fingerprint density at radius 1 is 1.21 bits per heavy atom. The Hall–Kier alpha value is -1.95. The molecule has 0 atom stereocenters. The average molecular weight is 348 g/mol. The lowest BCUT2D eigenvalue weighted by molar-refractivity contribution is 0.507. The van der Waals surface area contributed by atoms with Crippen LogP contribution in [0.3, 0.4) is 0 Å². The summed E-state index contributed by atoms with van der Waals surface area (Å²) in [7, 11) is 1.75. The standard InChI is InChI=1S/C18H25FN4S/c1-12-16(24-13(2)23-12)10-21-17(20-5)22-11-18(3,4)14-6-8-15(19)9-7-14/h6-9H,10-11H2,1-5H3,(H2,20,21,22). The highest BCUT2D eigenvalue weighted by molar-refractivity contribution is 7.11. The van der Waals surface area contributed by atoms with Crippen molar-refractivity contribution in [2.75, 3.05) is 13.6 Å². The molecular formula is C18H25FN4S. The molecule has 1 heterocycles. The molecule has 0 unspecified atom stereocenters. The SMILES string of the molecule is CN=C(NCc1sc(C)nc1C)NCC(C)(C)c1ccc(F)cc1. The van der Waals surface area contributed by atoms with Crippen molar-refractivity contribution < 1.29 is 4.39 Å². The summed E-state index contributed by atoms with van der Waals surface area (Å²) in [6.45, 7) is 9.68. The molecular weight excluding hydrogens is 323 g/mol. The molecule has 0 radical (unpaired) electrons. The van der Waals surface area contributed by atoms with E-state index in [1.165, 1.54) is 17.0 Å². The van der Waals surface area contributed by atoms with Gasteiger partial charge in [0.25, 0.3) is 0 Å². The zero-order valence-electron chi connectivity index (χ0n) is 14.9. The quantitative estimate of drug-likeness (QED) is 0.642. The van der Waals surface area contributed by atoms with Crippen LogP contribution in [0.1, 0.15) is 35.0 Å². The summed E-state index contributed by atoms with van der Waals surface area (Å²) in [6.07, 6.45) is 0. The molecule has 1 aromatic carbocycles. The second kappa shape index (κ2) is 7.75. The fourth-order valence-electron chi connectivity index (χ4n) is 2.43. The lowest BCUT2D eigenvalue weighted by Crippen LogP contribution is -2.43. The molecule has 0 fully saturated rings. The Labute approximate surface area is 147 Å². The van der Waals surface area contributed by atoms with E-state index in [0.29, 0.717) is 13.1 Å². The first kappa shape index (κ1) is 18.4. The summed E-state index contributed by atoms with van der Waals surface area (Å²) >= 11 is 1.70. The number of aromatic nitrogens is 1. The third-order valence-electron chi connectivity index (χ3n) is 3.96. The van der Waals surface area contributed by atoms with Crippen LogP contribution in [0.4, 0.5) is 4.39 Å². The Balaban J connectivity index is 1.93. The van der Waals surface area contributed by atoms with Gasteiger partial charge >= 0.3 is 0 Å². The van der Waals surface area contributed by atoms with Crippen LogP contribution in [0, 0.1) is 19.7 Å². The van der Waals surface area contributed by atoms with Gasteiger partial charge < -0.3 is 10.6 Å². The highest BCUT2D eigenvalue weighted by atomic mass is 32.1. The Kier molecular flexibility index (Phi) is 5.94. The van der Waals surface area contributed by atoms with Gasteiger partial charge in [0.15, 0.2) is 5.96 Å². The lowest BCUT2D eigenvalue weighted by Gasteiger charge is -2.26. The molecule has 0 spiro atoms. The number of aryl methyl sites for hydroxylation is 2. The predicted octanol–water partition coefficient (Wildman–Crippen LogP) is 3.54. The van der Waals surface area contributed by atoms with Crippen molar-refractivity contribution in [3.05, 3.63) is 51.2 Å². The minimum atomic E-state index is -0.213. The second-order valence-corrected chi connectivity index (χ2v) is 7.70. The fourth-order valence-corrected chi connectivity index (χ4v) is 3.31. The van der Waals surface area contributed by atoms with E-state index < -0.39 is 0 Å². The van der Waals surface area contributed by atoms with Crippen molar-refractivity contribution in [3.8, 4) is 0 Å². The summed E-state index contributed by atoms with van der Waals surface area (Å²) in [6, 6.07) is 6.66. The molecule has 24 heavy (non-hydrogen) atoms. The van der Waals surface area contributed by atoms with Gasteiger partial charge in [-0.3, -0.25) is 4.99 Å². The maximum atomic E-state index is 13.1. The van der Waals surface area contributed by atoms with Gasteiger partial charge in [-0.25, -0.2) is 9.37 Å². The van der Waals surface area contributed by atoms with E-state index in [9.17, 15) is 4.39 Å². The van der Waals surface area contributed by atoms with E-state index in [-0.39, 0.29) is 11.2 Å². The number of thiazole rings is 1. The summed E-state index contributed by atoms with van der Waals surface area (Å²) in [5, 5.41) is 7.74. The highest BCUT2D eigenvalue weighted by Gasteiger charge is 2.21. The number of nitrogens with one attached hydrogen (secondary N) is 2. The molecule has 0 aliphatic rings. The third-order valence-corrected chi connectivity index (χ3v) is 5.04. The van der Waals surface area contributed by atoms with E-state index in [4.69, 9.17) is 0 Å². The molecule has 0 amide bonds. The molecule has 2 N–H and O–H groups in total. The maximum absolute atomic E-state index is 13.1. The number of benzene rings is 1. The van der Waals surface area contributed by atoms with Gasteiger partial charge in [-0.1, -0.05) is 26.0 Å². The number of hydrogen-bond acceptors (Lipinski definition) is 3. The summed E-state index contributed by atoms with van der Waals surface area (Å²) < 4.78 is 13.1. The summed E-state index contributed by atoms with van der Waals surface area (Å²) in [5.41, 5.74) is 2.01. The first-order chi connectivity index (χ1) is 11.3. The van der Waals surface area contributed by atoms with Crippen molar-refractivity contribution >= 4 is 17.3 Å². The second-order valence-electron chi connectivity index (χ2n) is 6.41. The average Bonchev–Trinajstić information content (AvgIpc) is 2.85. The number of aliphatic imine (C=N–C) groups is 1. The van der Waals surface area contributed by atoms with Crippen molar-refractivity contribution in [1.82, 2.24) is 15.6 Å². The van der Waals surface area contributed by atoms with Crippen LogP contribution in [-0.2, 0) is 12.0 Å². The van der Waals surface area contributed by atoms with Crippen LogP contribution in [0.5, 0.6) is 0 Å². The maximum Gasteiger partial charge on any atom is 0.191 e. The molecule has 0 bridgehead atoms. The van der Waals surface area contributed by atoms with Gasteiger partial charge in [-0.15, -0.1) is 11.3 Å². The zero-order chi connectivity index (χ0) is 17.7. The van der Waals surface area contributed by atoms with Crippen LogP contribution >= 0.6 is 11.3 Å². The number of halogens is 1. The first-order valence-electron chi connectivity index (χ1n) is 7.95. The number of hydrogen-bond donors (Lipinski definition) is 2. The van der Waals surface area contributed by atoms with Crippen molar-refractivity contribution in [2.45, 2.75) is 39.7 Å². The van der Waals surface area contributed by atoms with Gasteiger partial charge in [-0.05, 0) is 31.5 Å². The van der Waals surface area contributed by atoms with Crippen LogP contribution in [-0.4, -0.2) is 24.5 Å². The molecule has 0 saturated carbocycles. The Bertz CT molecular complexity index is 704. The van der Waals surface area contributed by atoms with Gasteiger partial charge in [0, 0.05) is 23.9 Å². The highest BCUT2D eigenvalue weighted by Crippen LogP contribution is 2.22. The molecule has 6 heteroatoms. The normalized spacial score (nSPS) is 12.3. The van der Waals surface area contributed by atoms with Crippen LogP contribution in [0.15, 0.2) is 29.3 Å². The fraction of sp³-hybridized carbons (Fsp3) is 0.444. The molecule has 130 valence electrons. The molecule has 0 aliphatic heterocycles. The molecule has 1 aromatic heterocycles. The van der Waals surface area contributed by atoms with E-state index in [0.717, 1.165) is 22.2 Å². The van der Waals surface area contributed by atoms with Crippen LogP contribution < -0.4 is 10.6 Å². The molecule has 2 rings (SSSR count). The number of nitrogens with zero attached hydrogens (tertiary/aromatic N) is 2. The van der Waals surface area contributed by atoms with Gasteiger partial charge in [0.05, 0.1) is 17.2 Å². The van der Waals surface area contributed by atoms with Crippen molar-refractivity contribution in [3.63, 3.8) is 0 Å². The Morgan fingerprint density at radius 2 is 1.88 bits per heavy atom. The van der Waals surface area contributed by atoms with Gasteiger partial charge in [-0.2, -0.15) is 0 Å². The monoisotopic (exact) mass is 348 g/mol. The summed E-state index contributed by atoms with van der Waals surface area (Å²) in [4.78, 5) is 9.92. The molecule has 4 nitrogen and oxygen atoms in total. The lowest BCUT2D eigenvalue weighted by atomic mass is 9.84. The first-order valence-corrected chi connectivity index (χ1v) is 8.77.